The Bertz CT molecular complexity index is 421. The number of esters is 1. The number of ketones is 1. The molecule has 0 N–H and O–H groups in total. The first-order chi connectivity index (χ1) is 7.79. The molecule has 0 aliphatic heterocycles. The average Bonchev–Trinajstić information content (AvgIpc) is 2.15. The van der Waals surface area contributed by atoms with Crippen molar-refractivity contribution < 1.29 is 27.5 Å². The number of hydrogen-bond donors (Lipinski definition) is 0. The Morgan fingerprint density at radius 1 is 1.18 bits per heavy atom. The van der Waals surface area contributed by atoms with E-state index >= 15 is 0 Å². The van der Waals surface area contributed by atoms with Crippen molar-refractivity contribution >= 4 is 11.8 Å². The Labute approximate surface area is 95.2 Å². The summed E-state index contributed by atoms with van der Waals surface area (Å²) in [5.41, 5.74) is -0.830. The average molecular weight is 246 g/mol. The minimum Gasteiger partial charge on any atom is -0.426 e. The molecule has 1 aromatic carbocycles. The molecular weight excluding hydrogens is 237 g/mol. The summed E-state index contributed by atoms with van der Waals surface area (Å²) < 4.78 is 41.3. The van der Waals surface area contributed by atoms with Gasteiger partial charge in [0.15, 0.2) is 0 Å². The van der Waals surface area contributed by atoms with Crippen LogP contribution in [0.15, 0.2) is 24.3 Å². The summed E-state index contributed by atoms with van der Waals surface area (Å²) in [5, 5.41) is 0. The Balaban J connectivity index is 2.69. The van der Waals surface area contributed by atoms with E-state index in [0.717, 1.165) is 24.3 Å². The third-order valence-electron chi connectivity index (χ3n) is 1.81. The molecular formula is C11H9F3O3. The fourth-order valence-corrected chi connectivity index (χ4v) is 1.08. The standard InChI is InChI=1S/C11H9F3O3/c1-7(15)6-10(16)17-9-4-2-8(3-5-9)11(12,13)14/h2-5H,6H2,1H3. The highest BCUT2D eigenvalue weighted by atomic mass is 19.4. The lowest BCUT2D eigenvalue weighted by molar-refractivity contribution is -0.137. The van der Waals surface area contributed by atoms with Gasteiger partial charge in [-0.25, -0.2) is 0 Å². The fourth-order valence-electron chi connectivity index (χ4n) is 1.08. The van der Waals surface area contributed by atoms with Gasteiger partial charge in [-0.05, 0) is 31.2 Å². The van der Waals surface area contributed by atoms with Crippen molar-refractivity contribution in [2.24, 2.45) is 0 Å². The lowest BCUT2D eigenvalue weighted by Gasteiger charge is -2.07. The molecule has 0 saturated carbocycles. The first-order valence-electron chi connectivity index (χ1n) is 4.66. The molecule has 0 heterocycles. The number of alkyl halides is 3. The summed E-state index contributed by atoms with van der Waals surface area (Å²) in [6.07, 6.45) is -4.83. The molecule has 6 heteroatoms. The zero-order chi connectivity index (χ0) is 13.1. The van der Waals surface area contributed by atoms with E-state index in [0.29, 0.717) is 0 Å². The second-order valence-corrected chi connectivity index (χ2v) is 3.37. The number of Topliss-reactive ketones (excluding diaryl/α,β-unsaturated/α-hetero) is 1. The van der Waals surface area contributed by atoms with Gasteiger partial charge in [0, 0.05) is 0 Å². The molecule has 0 radical (unpaired) electrons. The Morgan fingerprint density at radius 2 is 1.71 bits per heavy atom. The second kappa shape index (κ2) is 4.99. The van der Waals surface area contributed by atoms with Crippen molar-refractivity contribution in [3.05, 3.63) is 29.8 Å². The molecule has 0 amide bonds. The molecule has 17 heavy (non-hydrogen) atoms. The van der Waals surface area contributed by atoms with Crippen molar-refractivity contribution in [1.29, 1.82) is 0 Å². The van der Waals surface area contributed by atoms with Crippen LogP contribution < -0.4 is 4.74 Å². The molecule has 0 aliphatic rings. The Morgan fingerprint density at radius 3 is 2.12 bits per heavy atom. The smallest absolute Gasteiger partial charge is 0.416 e. The minimum atomic E-state index is -4.43. The maximum Gasteiger partial charge on any atom is 0.416 e. The summed E-state index contributed by atoms with van der Waals surface area (Å²) in [6, 6.07) is 3.66. The molecule has 0 bridgehead atoms. The lowest BCUT2D eigenvalue weighted by atomic mass is 10.2. The van der Waals surface area contributed by atoms with Crippen LogP contribution in [0.5, 0.6) is 5.75 Å². The molecule has 3 nitrogen and oxygen atoms in total. The first kappa shape index (κ1) is 13.2. The maximum absolute atomic E-state index is 12.2. The molecule has 0 fully saturated rings. The Hall–Kier alpha value is -1.85. The van der Waals surface area contributed by atoms with Crippen molar-refractivity contribution in [2.75, 3.05) is 0 Å². The molecule has 92 valence electrons. The molecule has 0 aliphatic carbocycles. The van der Waals surface area contributed by atoms with Crippen LogP contribution in [0.4, 0.5) is 13.2 Å². The number of ether oxygens (including phenoxy) is 1. The van der Waals surface area contributed by atoms with Gasteiger partial charge >= 0.3 is 12.1 Å². The topological polar surface area (TPSA) is 43.4 Å². The quantitative estimate of drug-likeness (QED) is 0.467. The van der Waals surface area contributed by atoms with Crippen molar-refractivity contribution in [1.82, 2.24) is 0 Å². The van der Waals surface area contributed by atoms with E-state index in [-0.39, 0.29) is 11.5 Å². The third kappa shape index (κ3) is 4.26. The SMILES string of the molecule is CC(=O)CC(=O)Oc1ccc(C(F)(F)F)cc1. The number of halogens is 3. The van der Waals surface area contributed by atoms with Gasteiger partial charge < -0.3 is 4.74 Å². The molecule has 0 spiro atoms. The number of carbonyl (C=O) groups is 2. The van der Waals surface area contributed by atoms with E-state index in [9.17, 15) is 22.8 Å². The number of hydrogen-bond acceptors (Lipinski definition) is 3. The van der Waals surface area contributed by atoms with Gasteiger partial charge in [0.2, 0.25) is 0 Å². The first-order valence-corrected chi connectivity index (χ1v) is 4.66. The highest BCUT2D eigenvalue weighted by Crippen LogP contribution is 2.30. The van der Waals surface area contributed by atoms with Gasteiger partial charge in [-0.2, -0.15) is 13.2 Å². The lowest BCUT2D eigenvalue weighted by Crippen LogP contribution is -2.12. The van der Waals surface area contributed by atoms with Crippen LogP contribution in [-0.4, -0.2) is 11.8 Å². The summed E-state index contributed by atoms with van der Waals surface area (Å²) >= 11 is 0. The second-order valence-electron chi connectivity index (χ2n) is 3.37. The van der Waals surface area contributed by atoms with Crippen LogP contribution in [0, 0.1) is 0 Å². The van der Waals surface area contributed by atoms with Gasteiger partial charge in [-0.15, -0.1) is 0 Å². The monoisotopic (exact) mass is 246 g/mol. The number of carbonyl (C=O) groups excluding carboxylic acids is 2. The molecule has 0 saturated heterocycles. The van der Waals surface area contributed by atoms with E-state index in [2.05, 4.69) is 4.74 Å². The highest BCUT2D eigenvalue weighted by Gasteiger charge is 2.30. The minimum absolute atomic E-state index is 0.0238. The van der Waals surface area contributed by atoms with Crippen LogP contribution in [-0.2, 0) is 15.8 Å². The normalized spacial score (nSPS) is 11.1. The van der Waals surface area contributed by atoms with E-state index in [1.54, 1.807) is 0 Å². The molecule has 0 unspecified atom stereocenters. The van der Waals surface area contributed by atoms with Crippen LogP contribution >= 0.6 is 0 Å². The third-order valence-corrected chi connectivity index (χ3v) is 1.81. The fraction of sp³-hybridized carbons (Fsp3) is 0.273. The summed E-state index contributed by atoms with van der Waals surface area (Å²) in [5.74, 6) is -1.19. The van der Waals surface area contributed by atoms with E-state index in [1.165, 1.54) is 6.92 Å². The van der Waals surface area contributed by atoms with Crippen molar-refractivity contribution in [3.8, 4) is 5.75 Å². The van der Waals surface area contributed by atoms with Gasteiger partial charge in [-0.3, -0.25) is 9.59 Å². The van der Waals surface area contributed by atoms with Gasteiger partial charge in [0.1, 0.15) is 18.0 Å². The zero-order valence-corrected chi connectivity index (χ0v) is 8.88. The van der Waals surface area contributed by atoms with Crippen LogP contribution in [0.25, 0.3) is 0 Å². The highest BCUT2D eigenvalue weighted by molar-refractivity contribution is 5.94. The van der Waals surface area contributed by atoms with Crippen molar-refractivity contribution in [2.45, 2.75) is 19.5 Å². The van der Waals surface area contributed by atoms with Gasteiger partial charge in [0.05, 0.1) is 5.56 Å². The van der Waals surface area contributed by atoms with E-state index in [4.69, 9.17) is 0 Å². The van der Waals surface area contributed by atoms with E-state index < -0.39 is 24.1 Å². The molecule has 0 atom stereocenters. The largest absolute Gasteiger partial charge is 0.426 e. The number of benzene rings is 1. The summed E-state index contributed by atoms with van der Waals surface area (Å²) in [6.45, 7) is 1.22. The van der Waals surface area contributed by atoms with E-state index in [1.807, 2.05) is 0 Å². The van der Waals surface area contributed by atoms with Crippen LogP contribution in [0.3, 0.4) is 0 Å². The molecule has 1 aromatic rings. The molecule has 1 rings (SSSR count). The van der Waals surface area contributed by atoms with Crippen LogP contribution in [0.1, 0.15) is 18.9 Å². The van der Waals surface area contributed by atoms with Gasteiger partial charge in [0.25, 0.3) is 0 Å². The molecule has 0 aromatic heterocycles. The zero-order valence-electron chi connectivity index (χ0n) is 8.88. The van der Waals surface area contributed by atoms with Gasteiger partial charge in [-0.1, -0.05) is 0 Å². The predicted octanol–water partition coefficient (Wildman–Crippen LogP) is 2.59. The van der Waals surface area contributed by atoms with Crippen LogP contribution in [0.2, 0.25) is 0 Å². The summed E-state index contributed by atoms with van der Waals surface area (Å²) in [7, 11) is 0. The number of rotatable bonds is 3. The predicted molar refractivity (Wildman–Crippen MR) is 52.4 cm³/mol. The van der Waals surface area contributed by atoms with Crippen molar-refractivity contribution in [3.63, 3.8) is 0 Å². The Kier molecular flexibility index (Phi) is 3.88. The maximum atomic E-state index is 12.2. The summed E-state index contributed by atoms with van der Waals surface area (Å²) in [4.78, 5) is 21.6.